The van der Waals surface area contributed by atoms with Gasteiger partial charge in [-0.15, -0.1) is 10.2 Å². The second-order valence-corrected chi connectivity index (χ2v) is 6.65. The predicted molar refractivity (Wildman–Crippen MR) is 107 cm³/mol. The van der Waals surface area contributed by atoms with Gasteiger partial charge in [-0.3, -0.25) is 14.9 Å². The lowest BCUT2D eigenvalue weighted by Crippen LogP contribution is -2.30. The molecule has 1 fully saturated rings. The van der Waals surface area contributed by atoms with E-state index < -0.39 is 22.9 Å². The van der Waals surface area contributed by atoms with Gasteiger partial charge in [0.05, 0.1) is 18.1 Å². The van der Waals surface area contributed by atoms with Crippen LogP contribution in [-0.4, -0.2) is 53.3 Å². The van der Waals surface area contributed by atoms with Crippen LogP contribution in [0.3, 0.4) is 0 Å². The molecule has 11 nitrogen and oxygen atoms in total. The number of hydrogen-bond donors (Lipinski definition) is 1. The Labute approximate surface area is 172 Å². The number of anilines is 2. The molecule has 0 saturated carbocycles. The van der Waals surface area contributed by atoms with Crippen LogP contribution in [0.15, 0.2) is 30.3 Å². The van der Waals surface area contributed by atoms with Crippen LogP contribution in [0.4, 0.5) is 17.2 Å². The Morgan fingerprint density at radius 2 is 1.93 bits per heavy atom. The van der Waals surface area contributed by atoms with E-state index in [9.17, 15) is 19.7 Å². The molecular weight excluding hydrogens is 394 g/mol. The Morgan fingerprint density at radius 3 is 2.53 bits per heavy atom. The van der Waals surface area contributed by atoms with Gasteiger partial charge in [-0.2, -0.15) is 0 Å². The van der Waals surface area contributed by atoms with Gasteiger partial charge >= 0.3 is 5.97 Å². The van der Waals surface area contributed by atoms with Gasteiger partial charge in [-0.25, -0.2) is 4.79 Å². The summed E-state index contributed by atoms with van der Waals surface area (Å²) < 4.78 is 10.1. The first-order valence-electron chi connectivity index (χ1n) is 9.32. The zero-order valence-corrected chi connectivity index (χ0v) is 16.5. The topological polar surface area (TPSA) is 137 Å². The number of esters is 1. The van der Waals surface area contributed by atoms with E-state index in [2.05, 4.69) is 20.4 Å². The van der Waals surface area contributed by atoms with Crippen LogP contribution in [0, 0.1) is 10.1 Å². The first-order valence-corrected chi connectivity index (χ1v) is 9.32. The largest absolute Gasteiger partial charge is 0.496 e. The molecule has 0 radical (unpaired) electrons. The predicted octanol–water partition coefficient (Wildman–Crippen LogP) is 2.18. The van der Waals surface area contributed by atoms with Gasteiger partial charge in [0, 0.05) is 13.1 Å². The highest BCUT2D eigenvalue weighted by Crippen LogP contribution is 2.29. The fourth-order valence-corrected chi connectivity index (χ4v) is 2.95. The van der Waals surface area contributed by atoms with Crippen molar-refractivity contribution >= 4 is 29.1 Å². The van der Waals surface area contributed by atoms with Crippen molar-refractivity contribution in [3.05, 3.63) is 46.1 Å². The third-order valence-corrected chi connectivity index (χ3v) is 4.60. The zero-order chi connectivity index (χ0) is 21.7. The van der Waals surface area contributed by atoms with Gasteiger partial charge in [-0.1, -0.05) is 0 Å². The van der Waals surface area contributed by atoms with Crippen LogP contribution >= 0.6 is 0 Å². The summed E-state index contributed by atoms with van der Waals surface area (Å²) in [5.41, 5.74) is -0.416. The van der Waals surface area contributed by atoms with Crippen molar-refractivity contribution < 1.29 is 24.0 Å². The summed E-state index contributed by atoms with van der Waals surface area (Å²) in [6.45, 7) is 3.15. The average Bonchev–Trinajstić information content (AvgIpc) is 3.28. The van der Waals surface area contributed by atoms with E-state index in [1.807, 2.05) is 0 Å². The smallest absolute Gasteiger partial charge is 0.359 e. The van der Waals surface area contributed by atoms with Crippen LogP contribution in [0.2, 0.25) is 0 Å². The Balaban J connectivity index is 1.62. The SMILES string of the molecule is COc1ccc(NC(=O)C(C)OC(=O)c2ccc(N3CCCC3)nn2)c([N+](=O)[O-])c1. The van der Waals surface area contributed by atoms with Gasteiger partial charge in [-0.05, 0) is 44.0 Å². The molecule has 2 aromatic rings. The molecule has 3 rings (SSSR count). The third-order valence-electron chi connectivity index (χ3n) is 4.60. The van der Waals surface area contributed by atoms with E-state index in [1.165, 1.54) is 38.3 Å². The highest BCUT2D eigenvalue weighted by Gasteiger charge is 2.24. The van der Waals surface area contributed by atoms with Crippen LogP contribution in [0.25, 0.3) is 0 Å². The first-order chi connectivity index (χ1) is 14.4. The summed E-state index contributed by atoms with van der Waals surface area (Å²) in [4.78, 5) is 37.3. The molecule has 1 atom stereocenters. The van der Waals surface area contributed by atoms with Crippen molar-refractivity contribution in [1.29, 1.82) is 0 Å². The van der Waals surface area contributed by atoms with Crippen molar-refractivity contribution in [3.8, 4) is 5.75 Å². The standard InChI is InChI=1S/C19H21N5O6/c1-12(18(25)20-14-6-5-13(29-2)11-16(14)24(27)28)30-19(26)15-7-8-17(22-21-15)23-9-3-4-10-23/h5-8,11-12H,3-4,9-10H2,1-2H3,(H,20,25). The first kappa shape index (κ1) is 21.0. The number of aromatic nitrogens is 2. The highest BCUT2D eigenvalue weighted by atomic mass is 16.6. The minimum absolute atomic E-state index is 0.0342. The van der Waals surface area contributed by atoms with E-state index in [0.717, 1.165) is 25.9 Å². The number of methoxy groups -OCH3 is 1. The molecule has 11 heteroatoms. The molecule has 30 heavy (non-hydrogen) atoms. The van der Waals surface area contributed by atoms with Crippen LogP contribution in [0.5, 0.6) is 5.75 Å². The highest BCUT2D eigenvalue weighted by molar-refractivity contribution is 5.98. The summed E-state index contributed by atoms with van der Waals surface area (Å²) in [7, 11) is 1.37. The lowest BCUT2D eigenvalue weighted by atomic mass is 10.2. The van der Waals surface area contributed by atoms with Crippen LogP contribution in [-0.2, 0) is 9.53 Å². The Bertz CT molecular complexity index is 943. The Kier molecular flexibility index (Phi) is 6.40. The molecule has 1 aromatic heterocycles. The quantitative estimate of drug-likeness (QED) is 0.410. The van der Waals surface area contributed by atoms with Gasteiger partial charge in [0.1, 0.15) is 11.4 Å². The summed E-state index contributed by atoms with van der Waals surface area (Å²) >= 11 is 0. The summed E-state index contributed by atoms with van der Waals surface area (Å²) in [6, 6.07) is 7.16. The lowest BCUT2D eigenvalue weighted by Gasteiger charge is -2.16. The minimum atomic E-state index is -1.21. The molecule has 1 aromatic carbocycles. The number of carbonyl (C=O) groups excluding carboxylic acids is 2. The molecule has 1 unspecified atom stereocenters. The third kappa shape index (κ3) is 4.80. The number of nitrogens with zero attached hydrogens (tertiary/aromatic N) is 4. The Morgan fingerprint density at radius 1 is 1.20 bits per heavy atom. The number of rotatable bonds is 7. The number of benzene rings is 1. The van der Waals surface area contributed by atoms with Crippen molar-refractivity contribution in [3.63, 3.8) is 0 Å². The van der Waals surface area contributed by atoms with Crippen molar-refractivity contribution in [1.82, 2.24) is 10.2 Å². The number of hydrogen-bond acceptors (Lipinski definition) is 9. The molecule has 0 aliphatic carbocycles. The number of ether oxygens (including phenoxy) is 2. The van der Waals surface area contributed by atoms with Crippen LogP contribution < -0.4 is 15.0 Å². The number of nitrogens with one attached hydrogen (secondary N) is 1. The van der Waals surface area contributed by atoms with Crippen molar-refractivity contribution in [2.24, 2.45) is 0 Å². The van der Waals surface area contributed by atoms with Gasteiger partial charge in [0.2, 0.25) is 0 Å². The van der Waals surface area contributed by atoms with Gasteiger partial charge in [0.25, 0.3) is 11.6 Å². The van der Waals surface area contributed by atoms with Gasteiger partial charge < -0.3 is 19.7 Å². The molecule has 0 bridgehead atoms. The fraction of sp³-hybridized carbons (Fsp3) is 0.368. The lowest BCUT2D eigenvalue weighted by molar-refractivity contribution is -0.384. The Hall–Kier alpha value is -3.76. The van der Waals surface area contributed by atoms with E-state index >= 15 is 0 Å². The molecule has 1 saturated heterocycles. The maximum absolute atomic E-state index is 12.4. The van der Waals surface area contributed by atoms with Crippen LogP contribution in [0.1, 0.15) is 30.3 Å². The number of nitro benzene ring substituents is 1. The monoisotopic (exact) mass is 415 g/mol. The summed E-state index contributed by atoms with van der Waals surface area (Å²) in [5.74, 6) is -0.586. The molecule has 1 N–H and O–H groups in total. The molecule has 1 amide bonds. The number of carbonyl (C=O) groups is 2. The normalized spacial score (nSPS) is 14.1. The average molecular weight is 415 g/mol. The molecule has 0 spiro atoms. The summed E-state index contributed by atoms with van der Waals surface area (Å²) in [6.07, 6.45) is 0.966. The maximum Gasteiger partial charge on any atom is 0.359 e. The molecular formula is C19H21N5O6. The van der Waals surface area contributed by atoms with Crippen molar-refractivity contribution in [2.45, 2.75) is 25.9 Å². The van der Waals surface area contributed by atoms with E-state index in [4.69, 9.17) is 9.47 Å². The molecule has 1 aliphatic heterocycles. The van der Waals surface area contributed by atoms with Crippen molar-refractivity contribution in [2.75, 3.05) is 30.4 Å². The molecule has 158 valence electrons. The fourth-order valence-electron chi connectivity index (χ4n) is 2.95. The van der Waals surface area contributed by atoms with E-state index in [0.29, 0.717) is 5.82 Å². The number of nitro groups is 1. The second kappa shape index (κ2) is 9.16. The minimum Gasteiger partial charge on any atom is -0.496 e. The maximum atomic E-state index is 12.4. The zero-order valence-electron chi connectivity index (χ0n) is 16.5. The molecule has 1 aliphatic rings. The van der Waals surface area contributed by atoms with E-state index in [-0.39, 0.29) is 22.8 Å². The second-order valence-electron chi connectivity index (χ2n) is 6.65. The molecule has 2 heterocycles. The summed E-state index contributed by atoms with van der Waals surface area (Å²) in [5, 5.41) is 21.5. The number of amides is 1. The van der Waals surface area contributed by atoms with Gasteiger partial charge in [0.15, 0.2) is 17.6 Å². The van der Waals surface area contributed by atoms with E-state index in [1.54, 1.807) is 6.07 Å².